The Kier molecular flexibility index (Phi) is 7.96. The first kappa shape index (κ1) is 15.4. The molecule has 1 fully saturated rings. The zero-order chi connectivity index (χ0) is 13.2. The van der Waals surface area contributed by atoms with E-state index in [1.165, 1.54) is 25.9 Å². The van der Waals surface area contributed by atoms with Gasteiger partial charge in [-0.15, -0.1) is 0 Å². The molecule has 1 aliphatic heterocycles. The minimum atomic E-state index is 0.0999. The van der Waals surface area contributed by atoms with Crippen molar-refractivity contribution >= 4 is 5.91 Å². The van der Waals surface area contributed by atoms with Crippen molar-refractivity contribution in [2.45, 2.75) is 19.3 Å². The van der Waals surface area contributed by atoms with Gasteiger partial charge in [0.05, 0.1) is 6.61 Å². The van der Waals surface area contributed by atoms with Crippen LogP contribution in [-0.2, 0) is 9.53 Å². The molecule has 5 nitrogen and oxygen atoms in total. The number of hydrogen-bond acceptors (Lipinski definition) is 4. The minimum Gasteiger partial charge on any atom is -0.383 e. The predicted octanol–water partition coefficient (Wildman–Crippen LogP) is 0.0705. The maximum absolute atomic E-state index is 11.4. The molecule has 106 valence electrons. The number of nitrogens with one attached hydrogen (secondary N) is 2. The lowest BCUT2D eigenvalue weighted by Crippen LogP contribution is -2.36. The Labute approximate surface area is 110 Å². The highest BCUT2D eigenvalue weighted by Crippen LogP contribution is 2.14. The van der Waals surface area contributed by atoms with Gasteiger partial charge in [0.15, 0.2) is 0 Å². The van der Waals surface area contributed by atoms with Gasteiger partial charge in [-0.3, -0.25) is 4.79 Å². The van der Waals surface area contributed by atoms with Gasteiger partial charge >= 0.3 is 0 Å². The molecule has 1 amide bonds. The van der Waals surface area contributed by atoms with Gasteiger partial charge < -0.3 is 20.3 Å². The average molecular weight is 257 g/mol. The van der Waals surface area contributed by atoms with Crippen molar-refractivity contribution in [3.8, 4) is 0 Å². The number of amides is 1. The average Bonchev–Trinajstić information content (AvgIpc) is 2.37. The summed E-state index contributed by atoms with van der Waals surface area (Å²) in [6.45, 7) is 5.39. The van der Waals surface area contributed by atoms with Gasteiger partial charge in [0, 0.05) is 26.6 Å². The van der Waals surface area contributed by atoms with Crippen LogP contribution in [0.25, 0.3) is 0 Å². The molecule has 0 aromatic heterocycles. The van der Waals surface area contributed by atoms with Crippen LogP contribution in [0.2, 0.25) is 0 Å². The van der Waals surface area contributed by atoms with Crippen molar-refractivity contribution in [3.05, 3.63) is 0 Å². The third-order valence-corrected chi connectivity index (χ3v) is 3.43. The van der Waals surface area contributed by atoms with Crippen molar-refractivity contribution in [2.24, 2.45) is 5.92 Å². The Balaban J connectivity index is 1.93. The Morgan fingerprint density at radius 1 is 1.33 bits per heavy atom. The summed E-state index contributed by atoms with van der Waals surface area (Å²) in [5, 5.41) is 6.20. The number of methoxy groups -OCH3 is 1. The summed E-state index contributed by atoms with van der Waals surface area (Å²) in [7, 11) is 3.81. The van der Waals surface area contributed by atoms with Crippen LogP contribution in [0.3, 0.4) is 0 Å². The molecule has 0 aromatic carbocycles. The molecule has 1 aliphatic rings. The molecule has 0 aliphatic carbocycles. The fourth-order valence-electron chi connectivity index (χ4n) is 2.16. The first-order valence-corrected chi connectivity index (χ1v) is 6.87. The number of rotatable bonds is 8. The van der Waals surface area contributed by atoms with Crippen LogP contribution in [0.1, 0.15) is 19.3 Å². The smallest absolute Gasteiger partial charge is 0.221 e. The van der Waals surface area contributed by atoms with E-state index >= 15 is 0 Å². The number of nitrogens with zero attached hydrogens (tertiary/aromatic N) is 1. The molecular weight excluding hydrogens is 230 g/mol. The highest BCUT2D eigenvalue weighted by Gasteiger charge is 2.15. The van der Waals surface area contributed by atoms with Gasteiger partial charge in [-0.2, -0.15) is 0 Å². The van der Waals surface area contributed by atoms with Crippen molar-refractivity contribution in [1.29, 1.82) is 0 Å². The van der Waals surface area contributed by atoms with Gasteiger partial charge in [0.25, 0.3) is 0 Å². The third kappa shape index (κ3) is 6.93. The standard InChI is InChI=1S/C13H27N3O2/c1-16-8-4-12(5-9-16)11-14-6-3-13(17)15-7-10-18-2/h12,14H,3-11H2,1-2H3,(H,15,17). The third-order valence-electron chi connectivity index (χ3n) is 3.43. The zero-order valence-corrected chi connectivity index (χ0v) is 11.7. The SMILES string of the molecule is COCCNC(=O)CCNCC1CCN(C)CC1. The first-order valence-electron chi connectivity index (χ1n) is 6.87. The molecule has 1 rings (SSSR count). The molecular formula is C13H27N3O2. The molecule has 2 N–H and O–H groups in total. The van der Waals surface area contributed by atoms with E-state index in [1.54, 1.807) is 7.11 Å². The molecule has 0 saturated carbocycles. The quantitative estimate of drug-likeness (QED) is 0.604. The number of ether oxygens (including phenoxy) is 1. The molecule has 1 heterocycles. The Hall–Kier alpha value is -0.650. The molecule has 1 saturated heterocycles. The lowest BCUT2D eigenvalue weighted by Gasteiger charge is -2.29. The van der Waals surface area contributed by atoms with Crippen LogP contribution in [0.4, 0.5) is 0 Å². The second-order valence-electron chi connectivity index (χ2n) is 5.04. The molecule has 0 radical (unpaired) electrons. The van der Waals surface area contributed by atoms with Crippen LogP contribution in [0.5, 0.6) is 0 Å². The summed E-state index contributed by atoms with van der Waals surface area (Å²) in [5.41, 5.74) is 0. The Morgan fingerprint density at radius 3 is 2.72 bits per heavy atom. The van der Waals surface area contributed by atoms with E-state index in [0.717, 1.165) is 19.0 Å². The molecule has 0 bridgehead atoms. The fraction of sp³-hybridized carbons (Fsp3) is 0.923. The summed E-state index contributed by atoms with van der Waals surface area (Å²) in [6, 6.07) is 0. The van der Waals surface area contributed by atoms with E-state index in [2.05, 4.69) is 22.6 Å². The van der Waals surface area contributed by atoms with E-state index in [-0.39, 0.29) is 5.91 Å². The predicted molar refractivity (Wildman–Crippen MR) is 72.6 cm³/mol. The number of hydrogen-bond donors (Lipinski definition) is 2. The van der Waals surface area contributed by atoms with Gasteiger partial charge in [0.2, 0.25) is 5.91 Å². The summed E-state index contributed by atoms with van der Waals surface area (Å²) in [6.07, 6.45) is 3.09. The number of likely N-dealkylation sites (tertiary alicyclic amines) is 1. The highest BCUT2D eigenvalue weighted by molar-refractivity contribution is 5.75. The number of carbonyl (C=O) groups excluding carboxylic acids is 1. The van der Waals surface area contributed by atoms with Crippen LogP contribution in [0.15, 0.2) is 0 Å². The topological polar surface area (TPSA) is 53.6 Å². The van der Waals surface area contributed by atoms with E-state index in [9.17, 15) is 4.79 Å². The van der Waals surface area contributed by atoms with Crippen molar-refractivity contribution in [1.82, 2.24) is 15.5 Å². The van der Waals surface area contributed by atoms with Crippen LogP contribution in [-0.4, -0.2) is 64.3 Å². The monoisotopic (exact) mass is 257 g/mol. The van der Waals surface area contributed by atoms with Crippen LogP contribution in [0, 0.1) is 5.92 Å². The van der Waals surface area contributed by atoms with E-state index in [1.807, 2.05) is 0 Å². The molecule has 5 heteroatoms. The highest BCUT2D eigenvalue weighted by atomic mass is 16.5. The Morgan fingerprint density at radius 2 is 2.06 bits per heavy atom. The van der Waals surface area contributed by atoms with Gasteiger partial charge in [0.1, 0.15) is 0 Å². The fourth-order valence-corrected chi connectivity index (χ4v) is 2.16. The van der Waals surface area contributed by atoms with E-state index < -0.39 is 0 Å². The van der Waals surface area contributed by atoms with Gasteiger partial charge in [-0.25, -0.2) is 0 Å². The lowest BCUT2D eigenvalue weighted by atomic mass is 9.97. The maximum Gasteiger partial charge on any atom is 0.221 e. The van der Waals surface area contributed by atoms with E-state index in [0.29, 0.717) is 19.6 Å². The minimum absolute atomic E-state index is 0.0999. The number of piperidine rings is 1. The second kappa shape index (κ2) is 9.30. The largest absolute Gasteiger partial charge is 0.383 e. The second-order valence-corrected chi connectivity index (χ2v) is 5.04. The molecule has 18 heavy (non-hydrogen) atoms. The van der Waals surface area contributed by atoms with Gasteiger partial charge in [-0.05, 0) is 45.4 Å². The number of carbonyl (C=O) groups is 1. The van der Waals surface area contributed by atoms with E-state index in [4.69, 9.17) is 4.74 Å². The first-order chi connectivity index (χ1) is 8.72. The normalized spacial score (nSPS) is 17.9. The van der Waals surface area contributed by atoms with Crippen LogP contribution >= 0.6 is 0 Å². The summed E-state index contributed by atoms with van der Waals surface area (Å²) < 4.78 is 4.87. The van der Waals surface area contributed by atoms with Crippen molar-refractivity contribution in [3.63, 3.8) is 0 Å². The van der Waals surface area contributed by atoms with Crippen molar-refractivity contribution in [2.75, 3.05) is 53.5 Å². The molecule has 0 spiro atoms. The molecule has 0 atom stereocenters. The lowest BCUT2D eigenvalue weighted by molar-refractivity contribution is -0.121. The summed E-state index contributed by atoms with van der Waals surface area (Å²) in [5.74, 6) is 0.876. The Bertz CT molecular complexity index is 228. The molecule has 0 aromatic rings. The maximum atomic E-state index is 11.4. The summed E-state index contributed by atoms with van der Waals surface area (Å²) in [4.78, 5) is 13.8. The van der Waals surface area contributed by atoms with Gasteiger partial charge in [-0.1, -0.05) is 0 Å². The van der Waals surface area contributed by atoms with Crippen LogP contribution < -0.4 is 10.6 Å². The van der Waals surface area contributed by atoms with Crippen molar-refractivity contribution < 1.29 is 9.53 Å². The molecule has 0 unspecified atom stereocenters. The summed E-state index contributed by atoms with van der Waals surface area (Å²) >= 11 is 0. The zero-order valence-electron chi connectivity index (χ0n) is 11.7.